The van der Waals surface area contributed by atoms with Gasteiger partial charge < -0.3 is 5.32 Å². The maximum absolute atomic E-state index is 11.7. The standard InChI is InChI=1S/C14H22N2O2S/c1-11(12-6-8-15-9-7-12)16-13-4-3-5-14(10-13)19(2,17)18/h6-9,11,13-14,16H,3-5,10H2,1-2H3/t11-,13?,14?/m0/s1. The number of rotatable bonds is 4. The predicted octanol–water partition coefficient (Wildman–Crippen LogP) is 2.09. The summed E-state index contributed by atoms with van der Waals surface area (Å²) in [5.74, 6) is 0. The minimum absolute atomic E-state index is 0.177. The summed E-state index contributed by atoms with van der Waals surface area (Å²) < 4.78 is 23.3. The molecule has 3 atom stereocenters. The second-order valence-electron chi connectivity index (χ2n) is 5.48. The molecule has 19 heavy (non-hydrogen) atoms. The van der Waals surface area contributed by atoms with Crippen LogP contribution in [0.25, 0.3) is 0 Å². The van der Waals surface area contributed by atoms with Crippen molar-refractivity contribution in [2.24, 2.45) is 0 Å². The highest BCUT2D eigenvalue weighted by Gasteiger charge is 2.29. The summed E-state index contributed by atoms with van der Waals surface area (Å²) >= 11 is 0. The number of aromatic nitrogens is 1. The number of hydrogen-bond donors (Lipinski definition) is 1. The Morgan fingerprint density at radius 1 is 1.32 bits per heavy atom. The van der Waals surface area contributed by atoms with Gasteiger partial charge in [-0.15, -0.1) is 0 Å². The van der Waals surface area contributed by atoms with Crippen LogP contribution < -0.4 is 5.32 Å². The Morgan fingerprint density at radius 2 is 2.00 bits per heavy atom. The van der Waals surface area contributed by atoms with E-state index in [2.05, 4.69) is 17.2 Å². The zero-order valence-electron chi connectivity index (χ0n) is 11.5. The van der Waals surface area contributed by atoms with E-state index in [1.165, 1.54) is 11.8 Å². The smallest absolute Gasteiger partial charge is 0.150 e. The average Bonchev–Trinajstić information content (AvgIpc) is 2.39. The van der Waals surface area contributed by atoms with Crippen molar-refractivity contribution in [3.05, 3.63) is 30.1 Å². The van der Waals surface area contributed by atoms with Gasteiger partial charge in [0.05, 0.1) is 5.25 Å². The maximum atomic E-state index is 11.7. The molecule has 4 nitrogen and oxygen atoms in total. The van der Waals surface area contributed by atoms with Crippen LogP contribution in [-0.2, 0) is 9.84 Å². The van der Waals surface area contributed by atoms with Gasteiger partial charge >= 0.3 is 0 Å². The van der Waals surface area contributed by atoms with E-state index in [1.54, 1.807) is 12.4 Å². The molecular formula is C14H22N2O2S. The summed E-state index contributed by atoms with van der Waals surface area (Å²) in [6, 6.07) is 4.51. The summed E-state index contributed by atoms with van der Waals surface area (Å²) in [7, 11) is -2.91. The highest BCUT2D eigenvalue weighted by molar-refractivity contribution is 7.91. The third-order valence-corrected chi connectivity index (χ3v) is 5.56. The lowest BCUT2D eigenvalue weighted by atomic mass is 9.94. The van der Waals surface area contributed by atoms with Gasteiger partial charge in [0.1, 0.15) is 9.84 Å². The van der Waals surface area contributed by atoms with Crippen LogP contribution in [0.4, 0.5) is 0 Å². The van der Waals surface area contributed by atoms with Crippen molar-refractivity contribution in [3.63, 3.8) is 0 Å². The van der Waals surface area contributed by atoms with E-state index < -0.39 is 9.84 Å². The lowest BCUT2D eigenvalue weighted by Crippen LogP contribution is -2.39. The number of sulfone groups is 1. The molecule has 5 heteroatoms. The fourth-order valence-corrected chi connectivity index (χ4v) is 3.96. The lowest BCUT2D eigenvalue weighted by molar-refractivity contribution is 0.346. The van der Waals surface area contributed by atoms with Crippen LogP contribution in [0.1, 0.15) is 44.2 Å². The van der Waals surface area contributed by atoms with E-state index in [4.69, 9.17) is 0 Å². The van der Waals surface area contributed by atoms with Crippen molar-refractivity contribution in [3.8, 4) is 0 Å². The van der Waals surface area contributed by atoms with Crippen LogP contribution in [-0.4, -0.2) is 30.9 Å². The molecule has 0 amide bonds. The molecule has 0 saturated heterocycles. The predicted molar refractivity (Wildman–Crippen MR) is 76.7 cm³/mol. The van der Waals surface area contributed by atoms with Gasteiger partial charge in [0.15, 0.2) is 0 Å². The monoisotopic (exact) mass is 282 g/mol. The molecule has 0 bridgehead atoms. The fraction of sp³-hybridized carbons (Fsp3) is 0.643. The zero-order chi connectivity index (χ0) is 13.9. The first kappa shape index (κ1) is 14.5. The third kappa shape index (κ3) is 4.01. The van der Waals surface area contributed by atoms with Crippen LogP contribution in [0.2, 0.25) is 0 Å². The number of pyridine rings is 1. The molecule has 2 rings (SSSR count). The summed E-state index contributed by atoms with van der Waals surface area (Å²) in [5, 5.41) is 3.37. The molecular weight excluding hydrogens is 260 g/mol. The van der Waals surface area contributed by atoms with Crippen molar-refractivity contribution >= 4 is 9.84 Å². The van der Waals surface area contributed by atoms with Crippen LogP contribution >= 0.6 is 0 Å². The second kappa shape index (κ2) is 6.01. The maximum Gasteiger partial charge on any atom is 0.150 e. The van der Waals surface area contributed by atoms with Crippen molar-refractivity contribution in [2.75, 3.05) is 6.26 Å². The molecule has 1 aromatic rings. The lowest BCUT2D eigenvalue weighted by Gasteiger charge is -2.31. The molecule has 1 aromatic heterocycles. The Kier molecular flexibility index (Phi) is 4.58. The summed E-state index contributed by atoms with van der Waals surface area (Å²) in [5.41, 5.74) is 1.19. The van der Waals surface area contributed by atoms with Gasteiger partial charge in [0.25, 0.3) is 0 Å². The van der Waals surface area contributed by atoms with Gasteiger partial charge in [0.2, 0.25) is 0 Å². The van der Waals surface area contributed by atoms with Gasteiger partial charge in [-0.05, 0) is 43.9 Å². The topological polar surface area (TPSA) is 59.1 Å². The Bertz CT molecular complexity index is 501. The Balaban J connectivity index is 1.96. The summed E-state index contributed by atoms with van der Waals surface area (Å²) in [6.07, 6.45) is 8.50. The molecule has 0 radical (unpaired) electrons. The molecule has 1 fully saturated rings. The van der Waals surface area contributed by atoms with Crippen molar-refractivity contribution in [1.82, 2.24) is 10.3 Å². The van der Waals surface area contributed by atoms with E-state index in [0.717, 1.165) is 25.7 Å². The molecule has 0 spiro atoms. The van der Waals surface area contributed by atoms with Gasteiger partial charge in [-0.2, -0.15) is 0 Å². The van der Waals surface area contributed by atoms with Crippen LogP contribution in [0.15, 0.2) is 24.5 Å². The van der Waals surface area contributed by atoms with E-state index in [9.17, 15) is 8.42 Å². The molecule has 1 N–H and O–H groups in total. The summed E-state index contributed by atoms with van der Waals surface area (Å²) in [4.78, 5) is 4.01. The quantitative estimate of drug-likeness (QED) is 0.918. The Morgan fingerprint density at radius 3 is 2.63 bits per heavy atom. The van der Waals surface area contributed by atoms with Gasteiger partial charge in [-0.3, -0.25) is 4.98 Å². The van der Waals surface area contributed by atoms with E-state index >= 15 is 0 Å². The van der Waals surface area contributed by atoms with Gasteiger partial charge in [-0.1, -0.05) is 6.42 Å². The molecule has 1 heterocycles. The Hall–Kier alpha value is -0.940. The zero-order valence-corrected chi connectivity index (χ0v) is 12.4. The first-order valence-corrected chi connectivity index (χ1v) is 8.77. The molecule has 0 aromatic carbocycles. The molecule has 1 saturated carbocycles. The number of nitrogens with one attached hydrogen (secondary N) is 1. The number of hydrogen-bond acceptors (Lipinski definition) is 4. The van der Waals surface area contributed by atoms with Crippen LogP contribution in [0, 0.1) is 0 Å². The SMILES string of the molecule is C[C@H](NC1CCCC(S(C)(=O)=O)C1)c1ccncc1. The summed E-state index contributed by atoms with van der Waals surface area (Å²) in [6.45, 7) is 2.11. The van der Waals surface area contributed by atoms with Gasteiger partial charge in [-0.25, -0.2) is 8.42 Å². The first-order chi connectivity index (χ1) is 8.97. The molecule has 106 valence electrons. The normalized spacial score (nSPS) is 26.0. The van der Waals surface area contributed by atoms with Crippen molar-refractivity contribution < 1.29 is 8.42 Å². The largest absolute Gasteiger partial charge is 0.307 e. The minimum Gasteiger partial charge on any atom is -0.307 e. The third-order valence-electron chi connectivity index (χ3n) is 3.92. The highest BCUT2D eigenvalue weighted by Crippen LogP contribution is 2.25. The van der Waals surface area contributed by atoms with E-state index in [-0.39, 0.29) is 17.3 Å². The number of nitrogens with zero attached hydrogens (tertiary/aromatic N) is 1. The minimum atomic E-state index is -2.91. The highest BCUT2D eigenvalue weighted by atomic mass is 32.2. The fourth-order valence-electron chi connectivity index (χ4n) is 2.79. The molecule has 1 aliphatic carbocycles. The average molecular weight is 282 g/mol. The van der Waals surface area contributed by atoms with Crippen molar-refractivity contribution in [2.45, 2.75) is 49.9 Å². The molecule has 1 aliphatic rings. The molecule has 2 unspecified atom stereocenters. The van der Waals surface area contributed by atoms with Crippen LogP contribution in [0.3, 0.4) is 0 Å². The Labute approximate surface area is 115 Å². The van der Waals surface area contributed by atoms with Crippen molar-refractivity contribution in [1.29, 1.82) is 0 Å². The van der Waals surface area contributed by atoms with Gasteiger partial charge in [0, 0.05) is 30.7 Å². The molecule has 0 aliphatic heterocycles. The second-order valence-corrected chi connectivity index (χ2v) is 7.81. The van der Waals surface area contributed by atoms with E-state index in [1.807, 2.05) is 12.1 Å². The first-order valence-electron chi connectivity index (χ1n) is 6.81. The van der Waals surface area contributed by atoms with Crippen LogP contribution in [0.5, 0.6) is 0 Å². The van der Waals surface area contributed by atoms with E-state index in [0.29, 0.717) is 0 Å².